The average molecular weight is 488 g/mol. The molecule has 5 rings (SSSR count). The summed E-state index contributed by atoms with van der Waals surface area (Å²) < 4.78 is 24.9. The number of hydrogen-bond donors (Lipinski definition) is 2. The summed E-state index contributed by atoms with van der Waals surface area (Å²) >= 11 is 0. The largest absolute Gasteiger partial charge is 0.480 e. The molecule has 0 radical (unpaired) electrons. The van der Waals surface area contributed by atoms with Crippen molar-refractivity contribution in [3.63, 3.8) is 0 Å². The standard InChI is InChI=1S/C25H21N5O4S/c1-15-19(7-8-22-21(15)13-28-30(22)14-24(31)32)25-20-11-23(27-12-16(20)9-10-26-25)29-17-3-5-18(6-4-17)35(2,33)34/h3-13H,14H2,1-2H3,(H,27,29)(H,31,32). The fourth-order valence-corrected chi connectivity index (χ4v) is 4.71. The van der Waals surface area contributed by atoms with Crippen molar-refractivity contribution in [1.29, 1.82) is 0 Å². The van der Waals surface area contributed by atoms with E-state index in [9.17, 15) is 13.2 Å². The zero-order valence-electron chi connectivity index (χ0n) is 18.9. The molecular formula is C25H21N5O4S. The smallest absolute Gasteiger partial charge is 0.325 e. The molecular weight excluding hydrogens is 466 g/mol. The van der Waals surface area contributed by atoms with Crippen LogP contribution in [0, 0.1) is 6.92 Å². The molecule has 0 saturated carbocycles. The second-order valence-electron chi connectivity index (χ2n) is 8.24. The van der Waals surface area contributed by atoms with Crippen LogP contribution in [0.5, 0.6) is 0 Å². The Balaban J connectivity index is 1.55. The molecule has 9 nitrogen and oxygen atoms in total. The molecule has 2 aromatic carbocycles. The topological polar surface area (TPSA) is 127 Å². The third-order valence-corrected chi connectivity index (χ3v) is 6.97. The van der Waals surface area contributed by atoms with E-state index in [2.05, 4.69) is 20.4 Å². The Bertz CT molecular complexity index is 1710. The van der Waals surface area contributed by atoms with E-state index in [1.165, 1.54) is 10.9 Å². The highest BCUT2D eigenvalue weighted by Gasteiger charge is 2.15. The number of nitrogens with zero attached hydrogens (tertiary/aromatic N) is 4. The molecule has 0 bridgehead atoms. The summed E-state index contributed by atoms with van der Waals surface area (Å²) in [7, 11) is -3.27. The van der Waals surface area contributed by atoms with E-state index in [1.807, 2.05) is 31.2 Å². The number of fused-ring (bicyclic) bond motifs is 2. The van der Waals surface area contributed by atoms with E-state index >= 15 is 0 Å². The molecule has 0 saturated heterocycles. The van der Waals surface area contributed by atoms with Crippen molar-refractivity contribution in [3.05, 3.63) is 72.7 Å². The SMILES string of the molecule is Cc1c(-c2nccc3cnc(Nc4ccc(S(C)(=O)=O)cc4)cc23)ccc2c1cnn2CC(=O)O. The van der Waals surface area contributed by atoms with Crippen molar-refractivity contribution in [2.45, 2.75) is 18.4 Å². The van der Waals surface area contributed by atoms with Crippen molar-refractivity contribution in [1.82, 2.24) is 19.7 Å². The fraction of sp³-hybridized carbons (Fsp3) is 0.120. The summed E-state index contributed by atoms with van der Waals surface area (Å²) in [5, 5.41) is 19.2. The highest BCUT2D eigenvalue weighted by molar-refractivity contribution is 7.90. The molecule has 0 unspecified atom stereocenters. The van der Waals surface area contributed by atoms with Gasteiger partial charge in [0, 0.05) is 46.1 Å². The summed E-state index contributed by atoms with van der Waals surface area (Å²) in [5.74, 6) is -0.363. The monoisotopic (exact) mass is 487 g/mol. The number of aliphatic carboxylic acids is 1. The van der Waals surface area contributed by atoms with Gasteiger partial charge >= 0.3 is 5.97 Å². The summed E-state index contributed by atoms with van der Waals surface area (Å²) in [6.07, 6.45) is 6.34. The number of nitrogens with one attached hydrogen (secondary N) is 1. The van der Waals surface area contributed by atoms with Gasteiger partial charge < -0.3 is 10.4 Å². The van der Waals surface area contributed by atoms with Gasteiger partial charge in [-0.3, -0.25) is 14.5 Å². The second-order valence-corrected chi connectivity index (χ2v) is 10.3. The number of rotatable bonds is 6. The van der Waals surface area contributed by atoms with Gasteiger partial charge in [0.25, 0.3) is 0 Å². The number of carboxylic acids is 1. The lowest BCUT2D eigenvalue weighted by molar-refractivity contribution is -0.137. The Kier molecular flexibility index (Phi) is 5.45. The first-order valence-electron chi connectivity index (χ1n) is 10.7. The van der Waals surface area contributed by atoms with Crippen LogP contribution >= 0.6 is 0 Å². The van der Waals surface area contributed by atoms with Crippen LogP contribution in [0.4, 0.5) is 11.5 Å². The van der Waals surface area contributed by atoms with Gasteiger partial charge in [-0.2, -0.15) is 5.10 Å². The molecule has 0 spiro atoms. The lowest BCUT2D eigenvalue weighted by Crippen LogP contribution is -2.09. The van der Waals surface area contributed by atoms with E-state index in [-0.39, 0.29) is 11.4 Å². The minimum atomic E-state index is -3.27. The van der Waals surface area contributed by atoms with E-state index < -0.39 is 15.8 Å². The molecule has 176 valence electrons. The molecule has 10 heteroatoms. The second kappa shape index (κ2) is 8.48. The van der Waals surface area contributed by atoms with E-state index in [0.717, 1.165) is 38.5 Å². The van der Waals surface area contributed by atoms with E-state index in [0.29, 0.717) is 11.5 Å². The van der Waals surface area contributed by atoms with Crippen LogP contribution in [0.3, 0.4) is 0 Å². The van der Waals surface area contributed by atoms with Gasteiger partial charge in [-0.05, 0) is 55.0 Å². The number of hydrogen-bond acceptors (Lipinski definition) is 7. The zero-order valence-corrected chi connectivity index (χ0v) is 19.7. The van der Waals surface area contributed by atoms with Crippen molar-refractivity contribution in [2.24, 2.45) is 0 Å². The molecule has 35 heavy (non-hydrogen) atoms. The Labute approximate surface area is 201 Å². The quantitative estimate of drug-likeness (QED) is 0.365. The maximum absolute atomic E-state index is 11.7. The summed E-state index contributed by atoms with van der Waals surface area (Å²) in [5.41, 5.74) is 4.08. The number of carbonyl (C=O) groups is 1. The highest BCUT2D eigenvalue weighted by atomic mass is 32.2. The number of sulfone groups is 1. The Hall–Kier alpha value is -4.31. The van der Waals surface area contributed by atoms with E-state index in [4.69, 9.17) is 5.11 Å². The maximum atomic E-state index is 11.7. The number of aromatic nitrogens is 4. The Morgan fingerprint density at radius 1 is 1.03 bits per heavy atom. The molecule has 5 aromatic rings. The molecule has 0 atom stereocenters. The Morgan fingerprint density at radius 2 is 1.80 bits per heavy atom. The van der Waals surface area contributed by atoms with Gasteiger partial charge in [0.05, 0.1) is 22.3 Å². The molecule has 0 aliphatic heterocycles. The first-order chi connectivity index (χ1) is 16.7. The number of benzene rings is 2. The number of carboxylic acid groups (broad SMARTS) is 1. The molecule has 3 aromatic heterocycles. The van der Waals surface area contributed by atoms with Crippen molar-refractivity contribution < 1.29 is 18.3 Å². The summed E-state index contributed by atoms with van der Waals surface area (Å²) in [6, 6.07) is 14.1. The van der Waals surface area contributed by atoms with Gasteiger partial charge in [0.15, 0.2) is 9.84 Å². The van der Waals surface area contributed by atoms with Gasteiger partial charge in [0.1, 0.15) is 12.4 Å². The van der Waals surface area contributed by atoms with Gasteiger partial charge in [-0.25, -0.2) is 13.4 Å². The summed E-state index contributed by atoms with van der Waals surface area (Å²) in [6.45, 7) is 1.76. The Morgan fingerprint density at radius 3 is 2.51 bits per heavy atom. The number of aryl methyl sites for hydroxylation is 1. The van der Waals surface area contributed by atoms with Crippen molar-refractivity contribution in [3.8, 4) is 11.3 Å². The molecule has 0 amide bonds. The third-order valence-electron chi connectivity index (χ3n) is 5.84. The molecule has 2 N–H and O–H groups in total. The normalized spacial score (nSPS) is 11.7. The van der Waals surface area contributed by atoms with Gasteiger partial charge in [-0.1, -0.05) is 6.07 Å². The van der Waals surface area contributed by atoms with Gasteiger partial charge in [-0.15, -0.1) is 0 Å². The first kappa shape index (κ1) is 22.5. The van der Waals surface area contributed by atoms with E-state index in [1.54, 1.807) is 42.9 Å². The lowest BCUT2D eigenvalue weighted by Gasteiger charge is -2.12. The van der Waals surface area contributed by atoms with Crippen LogP contribution in [0.1, 0.15) is 5.56 Å². The van der Waals surface area contributed by atoms with Crippen LogP contribution < -0.4 is 5.32 Å². The highest BCUT2D eigenvalue weighted by Crippen LogP contribution is 2.34. The lowest BCUT2D eigenvalue weighted by atomic mass is 9.98. The fourth-order valence-electron chi connectivity index (χ4n) is 4.08. The molecule has 3 heterocycles. The number of pyridine rings is 2. The minimum absolute atomic E-state index is 0.208. The molecule has 0 fully saturated rings. The average Bonchev–Trinajstić information content (AvgIpc) is 3.22. The van der Waals surface area contributed by atoms with Crippen molar-refractivity contribution in [2.75, 3.05) is 11.6 Å². The van der Waals surface area contributed by atoms with Crippen LogP contribution in [0.25, 0.3) is 32.9 Å². The summed E-state index contributed by atoms with van der Waals surface area (Å²) in [4.78, 5) is 20.5. The molecule has 0 aliphatic carbocycles. The predicted octanol–water partition coefficient (Wildman–Crippen LogP) is 4.19. The van der Waals surface area contributed by atoms with Crippen LogP contribution in [0.2, 0.25) is 0 Å². The zero-order chi connectivity index (χ0) is 24.7. The first-order valence-corrected chi connectivity index (χ1v) is 12.6. The van der Waals surface area contributed by atoms with Crippen molar-refractivity contribution >= 4 is 49.0 Å². The minimum Gasteiger partial charge on any atom is -0.480 e. The predicted molar refractivity (Wildman–Crippen MR) is 133 cm³/mol. The number of anilines is 2. The van der Waals surface area contributed by atoms with Crippen LogP contribution in [-0.2, 0) is 21.2 Å². The van der Waals surface area contributed by atoms with Crippen LogP contribution in [-0.4, -0.2) is 45.5 Å². The maximum Gasteiger partial charge on any atom is 0.325 e. The van der Waals surface area contributed by atoms with Crippen LogP contribution in [0.15, 0.2) is 72.0 Å². The molecule has 0 aliphatic rings. The third kappa shape index (κ3) is 4.31. The van der Waals surface area contributed by atoms with Gasteiger partial charge in [0.2, 0.25) is 0 Å².